The molecule has 1 heterocycles. The highest BCUT2D eigenvalue weighted by Gasteiger charge is 2.31. The summed E-state index contributed by atoms with van der Waals surface area (Å²) in [6.07, 6.45) is 2.03. The van der Waals surface area contributed by atoms with Crippen LogP contribution < -0.4 is 15.4 Å². The van der Waals surface area contributed by atoms with Crippen molar-refractivity contribution in [2.75, 3.05) is 37.7 Å². The van der Waals surface area contributed by atoms with Crippen LogP contribution in [0.5, 0.6) is 5.75 Å². The molecule has 2 rings (SSSR count). The van der Waals surface area contributed by atoms with E-state index < -0.39 is 5.97 Å². The first-order valence-corrected chi connectivity index (χ1v) is 10.2. The number of likely N-dealkylation sites (N-methyl/N-ethyl adjacent to an activating group) is 1. The van der Waals surface area contributed by atoms with Crippen LogP contribution in [-0.2, 0) is 14.3 Å². The van der Waals surface area contributed by atoms with Crippen LogP contribution in [0.1, 0.15) is 49.9 Å². The summed E-state index contributed by atoms with van der Waals surface area (Å²) >= 11 is 0. The van der Waals surface area contributed by atoms with Crippen LogP contribution in [0, 0.1) is 5.41 Å². The lowest BCUT2D eigenvalue weighted by atomic mass is 10.1. The second kappa shape index (κ2) is 11.2. The maximum atomic E-state index is 13.1. The predicted molar refractivity (Wildman–Crippen MR) is 113 cm³/mol. The topological polar surface area (TPSA) is 126 Å². The zero-order valence-corrected chi connectivity index (χ0v) is 17.6. The normalized spacial score (nSPS) is 13.7. The Morgan fingerprint density at radius 1 is 1.20 bits per heavy atom. The van der Waals surface area contributed by atoms with E-state index in [1.54, 1.807) is 30.0 Å². The Balaban J connectivity index is 2.16. The molecule has 1 aromatic carbocycles. The second-order valence-electron chi connectivity index (χ2n) is 6.93. The molecule has 30 heavy (non-hydrogen) atoms. The minimum absolute atomic E-state index is 0.0284. The lowest BCUT2D eigenvalue weighted by Crippen LogP contribution is -2.40. The fourth-order valence-electron chi connectivity index (χ4n) is 3.23. The number of benzene rings is 1. The van der Waals surface area contributed by atoms with Crippen molar-refractivity contribution >= 4 is 29.3 Å². The number of rotatable bonds is 11. The van der Waals surface area contributed by atoms with Crippen molar-refractivity contribution in [2.45, 2.75) is 39.5 Å². The molecule has 1 aromatic rings. The molecule has 164 valence electrons. The summed E-state index contributed by atoms with van der Waals surface area (Å²) in [5, 5.41) is 7.23. The first-order valence-electron chi connectivity index (χ1n) is 10.2. The van der Waals surface area contributed by atoms with Crippen LogP contribution >= 0.6 is 0 Å². The molecular weight excluding hydrogens is 388 g/mol. The Labute approximate surface area is 176 Å². The molecule has 2 amide bonds. The van der Waals surface area contributed by atoms with E-state index in [0.29, 0.717) is 36.6 Å². The van der Waals surface area contributed by atoms with E-state index in [1.165, 1.54) is 4.90 Å². The third kappa shape index (κ3) is 6.20. The van der Waals surface area contributed by atoms with E-state index in [-0.39, 0.29) is 43.8 Å². The van der Waals surface area contributed by atoms with Gasteiger partial charge in [-0.3, -0.25) is 19.8 Å². The largest absolute Gasteiger partial charge is 0.494 e. The number of carbonyl (C=O) groups is 3. The molecule has 0 unspecified atom stereocenters. The Kier molecular flexibility index (Phi) is 8.64. The van der Waals surface area contributed by atoms with Gasteiger partial charge < -0.3 is 25.0 Å². The molecule has 0 radical (unpaired) electrons. The lowest BCUT2D eigenvalue weighted by molar-refractivity contribution is -0.143. The Morgan fingerprint density at radius 2 is 1.97 bits per heavy atom. The molecule has 0 saturated heterocycles. The van der Waals surface area contributed by atoms with Crippen molar-refractivity contribution in [1.82, 2.24) is 4.90 Å². The van der Waals surface area contributed by atoms with Crippen LogP contribution in [0.2, 0.25) is 0 Å². The zero-order valence-electron chi connectivity index (χ0n) is 17.6. The molecule has 0 spiro atoms. The third-order valence-electron chi connectivity index (χ3n) is 4.72. The fraction of sp³-hybridized carbons (Fsp3) is 0.524. The van der Waals surface area contributed by atoms with E-state index in [9.17, 15) is 14.4 Å². The lowest BCUT2D eigenvalue weighted by Gasteiger charge is -2.21. The molecule has 1 aliphatic heterocycles. The number of esters is 1. The predicted octanol–water partition coefficient (Wildman–Crippen LogP) is 1.93. The van der Waals surface area contributed by atoms with Crippen molar-refractivity contribution < 1.29 is 23.9 Å². The molecule has 0 aromatic heterocycles. The summed E-state index contributed by atoms with van der Waals surface area (Å²) < 4.78 is 10.7. The number of nitrogens with one attached hydrogen (secondary N) is 1. The number of carbonyl (C=O) groups excluding carboxylic acids is 3. The Hall–Kier alpha value is -3.10. The van der Waals surface area contributed by atoms with Crippen LogP contribution in [0.25, 0.3) is 0 Å². The van der Waals surface area contributed by atoms with Gasteiger partial charge >= 0.3 is 5.97 Å². The molecule has 9 heteroatoms. The van der Waals surface area contributed by atoms with E-state index in [4.69, 9.17) is 20.6 Å². The molecule has 0 bridgehead atoms. The van der Waals surface area contributed by atoms with Gasteiger partial charge in [0, 0.05) is 19.5 Å². The van der Waals surface area contributed by atoms with Gasteiger partial charge in [-0.05, 0) is 44.9 Å². The maximum Gasteiger partial charge on any atom is 0.307 e. The van der Waals surface area contributed by atoms with Crippen molar-refractivity contribution in [3.05, 3.63) is 23.8 Å². The molecule has 0 atom stereocenters. The Bertz CT molecular complexity index is 796. The number of unbranched alkanes of at least 4 members (excludes halogenated alkanes) is 1. The van der Waals surface area contributed by atoms with E-state index in [2.05, 4.69) is 0 Å². The highest BCUT2D eigenvalue weighted by molar-refractivity contribution is 6.09. The minimum Gasteiger partial charge on any atom is -0.494 e. The molecule has 1 aliphatic rings. The van der Waals surface area contributed by atoms with Crippen LogP contribution in [0.15, 0.2) is 18.2 Å². The minimum atomic E-state index is -0.405. The number of nitrogens with zero attached hydrogens (tertiary/aromatic N) is 2. The summed E-state index contributed by atoms with van der Waals surface area (Å²) in [6.45, 7) is 4.71. The summed E-state index contributed by atoms with van der Waals surface area (Å²) in [5.74, 6) is -0.247. The molecule has 0 saturated carbocycles. The van der Waals surface area contributed by atoms with Gasteiger partial charge in [-0.2, -0.15) is 0 Å². The van der Waals surface area contributed by atoms with Gasteiger partial charge in [-0.15, -0.1) is 0 Å². The van der Waals surface area contributed by atoms with Gasteiger partial charge in [-0.25, -0.2) is 0 Å². The average Bonchev–Trinajstić information content (AvgIpc) is 2.80. The summed E-state index contributed by atoms with van der Waals surface area (Å²) in [5.41, 5.74) is 6.25. The van der Waals surface area contributed by atoms with Gasteiger partial charge in [0.05, 0.1) is 36.7 Å². The van der Waals surface area contributed by atoms with Crippen molar-refractivity contribution in [3.63, 3.8) is 0 Å². The number of amidine groups is 1. The number of nitrogens with two attached hydrogens (primary N) is 1. The molecule has 3 N–H and O–H groups in total. The van der Waals surface area contributed by atoms with Gasteiger partial charge in [0.25, 0.3) is 5.91 Å². The summed E-state index contributed by atoms with van der Waals surface area (Å²) in [4.78, 5) is 40.4. The highest BCUT2D eigenvalue weighted by Crippen LogP contribution is 2.29. The van der Waals surface area contributed by atoms with Gasteiger partial charge in [0.2, 0.25) is 5.91 Å². The number of anilines is 1. The van der Waals surface area contributed by atoms with Crippen molar-refractivity contribution in [3.8, 4) is 5.75 Å². The monoisotopic (exact) mass is 418 g/mol. The van der Waals surface area contributed by atoms with E-state index >= 15 is 0 Å². The van der Waals surface area contributed by atoms with Crippen LogP contribution in [0.4, 0.5) is 5.69 Å². The fourth-order valence-corrected chi connectivity index (χ4v) is 3.23. The quantitative estimate of drug-likeness (QED) is 0.245. The summed E-state index contributed by atoms with van der Waals surface area (Å²) in [7, 11) is 0. The molecule has 0 fully saturated rings. The van der Waals surface area contributed by atoms with Gasteiger partial charge in [0.1, 0.15) is 12.3 Å². The first-order chi connectivity index (χ1) is 14.4. The van der Waals surface area contributed by atoms with Crippen LogP contribution in [-0.4, -0.2) is 61.4 Å². The summed E-state index contributed by atoms with van der Waals surface area (Å²) in [6, 6.07) is 5.09. The van der Waals surface area contributed by atoms with Crippen molar-refractivity contribution in [2.24, 2.45) is 5.73 Å². The molecular formula is C21H30N4O5. The third-order valence-corrected chi connectivity index (χ3v) is 4.72. The average molecular weight is 418 g/mol. The zero-order chi connectivity index (χ0) is 22.1. The molecule has 0 aliphatic carbocycles. The standard InChI is InChI=1S/C21H30N4O5/c1-3-25-17-9-8-15(30-12-6-5-7-18(22)23)13-16(17)21(28)24(14-19(25)26)11-10-20(27)29-4-2/h8-9,13H,3-7,10-12,14H2,1-2H3,(H3,22,23). The van der Waals surface area contributed by atoms with Crippen LogP contribution in [0.3, 0.4) is 0 Å². The first kappa shape index (κ1) is 23.2. The number of fused-ring (bicyclic) bond motifs is 1. The Morgan fingerprint density at radius 3 is 2.63 bits per heavy atom. The second-order valence-corrected chi connectivity index (χ2v) is 6.93. The van der Waals surface area contributed by atoms with E-state index in [1.807, 2.05) is 6.92 Å². The van der Waals surface area contributed by atoms with E-state index in [0.717, 1.165) is 12.8 Å². The van der Waals surface area contributed by atoms with Gasteiger partial charge in [0.15, 0.2) is 0 Å². The number of amides is 2. The molecule has 9 nitrogen and oxygen atoms in total. The SMILES string of the molecule is CCOC(=O)CCN1CC(=O)N(CC)c2ccc(OCCCCC(=N)N)cc2C1=O. The number of ether oxygens (including phenoxy) is 2. The van der Waals surface area contributed by atoms with Crippen molar-refractivity contribution in [1.29, 1.82) is 5.41 Å². The smallest absolute Gasteiger partial charge is 0.307 e. The number of hydrogen-bond acceptors (Lipinski definition) is 6. The maximum absolute atomic E-state index is 13.1. The van der Waals surface area contributed by atoms with Gasteiger partial charge in [-0.1, -0.05) is 0 Å². The number of hydrogen-bond donors (Lipinski definition) is 2. The highest BCUT2D eigenvalue weighted by atomic mass is 16.5.